The van der Waals surface area contributed by atoms with Gasteiger partial charge in [-0.05, 0) is 18.2 Å². The molecule has 0 aliphatic rings. The number of phenolic OH excluding ortho intramolecular Hbond substituents is 1. The summed E-state index contributed by atoms with van der Waals surface area (Å²) in [5, 5.41) is 11.3. The van der Waals surface area contributed by atoms with Crippen molar-refractivity contribution in [1.29, 1.82) is 0 Å². The van der Waals surface area contributed by atoms with E-state index in [1.54, 1.807) is 6.07 Å². The number of carbonyl (C=O) groups excluding carboxylic acids is 1. The van der Waals surface area contributed by atoms with Crippen molar-refractivity contribution in [3.63, 3.8) is 0 Å². The SMILES string of the molecule is CN(N)C=O.CN(N)c1cccc(C(F)F)c1COc1ccc(O)cc1F. The second-order valence-electron chi connectivity index (χ2n) is 5.43. The Labute approximate surface area is 154 Å². The lowest BCUT2D eigenvalue weighted by atomic mass is 10.1. The van der Waals surface area contributed by atoms with Gasteiger partial charge in [-0.1, -0.05) is 12.1 Å². The van der Waals surface area contributed by atoms with Gasteiger partial charge < -0.3 is 14.9 Å². The van der Waals surface area contributed by atoms with Crippen LogP contribution in [-0.2, 0) is 11.4 Å². The summed E-state index contributed by atoms with van der Waals surface area (Å²) in [6.45, 7) is -0.279. The summed E-state index contributed by atoms with van der Waals surface area (Å²) in [5.41, 5.74) is 0.306. The maximum Gasteiger partial charge on any atom is 0.264 e. The molecule has 0 radical (unpaired) electrons. The van der Waals surface area contributed by atoms with Crippen LogP contribution >= 0.6 is 0 Å². The van der Waals surface area contributed by atoms with Gasteiger partial charge in [0.15, 0.2) is 11.6 Å². The molecular formula is C17H21F3N4O3. The molecular weight excluding hydrogens is 365 g/mol. The molecule has 27 heavy (non-hydrogen) atoms. The van der Waals surface area contributed by atoms with Crippen LogP contribution in [0.2, 0.25) is 0 Å². The van der Waals surface area contributed by atoms with Gasteiger partial charge in [0.25, 0.3) is 6.43 Å². The molecule has 0 saturated heterocycles. The van der Waals surface area contributed by atoms with Crippen molar-refractivity contribution in [3.05, 3.63) is 53.3 Å². The summed E-state index contributed by atoms with van der Waals surface area (Å²) < 4.78 is 45.1. The Morgan fingerprint density at radius 1 is 1.22 bits per heavy atom. The topological polar surface area (TPSA) is 105 Å². The average molecular weight is 386 g/mol. The molecule has 2 aromatic rings. The van der Waals surface area contributed by atoms with E-state index in [4.69, 9.17) is 21.5 Å². The van der Waals surface area contributed by atoms with Crippen LogP contribution in [0.25, 0.3) is 0 Å². The van der Waals surface area contributed by atoms with E-state index >= 15 is 0 Å². The van der Waals surface area contributed by atoms with E-state index in [9.17, 15) is 18.0 Å². The highest BCUT2D eigenvalue weighted by Gasteiger charge is 2.18. The maximum atomic E-state index is 13.6. The van der Waals surface area contributed by atoms with Gasteiger partial charge in [0, 0.05) is 31.3 Å². The molecule has 148 valence electrons. The number of nitrogens with two attached hydrogens (primary N) is 2. The van der Waals surface area contributed by atoms with Crippen LogP contribution < -0.4 is 21.4 Å². The smallest absolute Gasteiger partial charge is 0.264 e. The number of alkyl halides is 2. The van der Waals surface area contributed by atoms with Crippen molar-refractivity contribution < 1.29 is 27.8 Å². The molecule has 2 rings (SSSR count). The minimum Gasteiger partial charge on any atom is -0.508 e. The van der Waals surface area contributed by atoms with E-state index in [-0.39, 0.29) is 29.2 Å². The highest BCUT2D eigenvalue weighted by molar-refractivity contribution is 5.55. The minimum absolute atomic E-state index is 0.146. The van der Waals surface area contributed by atoms with E-state index < -0.39 is 12.2 Å². The van der Waals surface area contributed by atoms with Gasteiger partial charge in [-0.3, -0.25) is 9.80 Å². The van der Waals surface area contributed by atoms with Crippen molar-refractivity contribution in [1.82, 2.24) is 5.01 Å². The zero-order valence-electron chi connectivity index (χ0n) is 14.8. The normalized spacial score (nSPS) is 10.1. The largest absolute Gasteiger partial charge is 0.508 e. The first-order valence-corrected chi connectivity index (χ1v) is 7.59. The Hall–Kier alpha value is -2.98. The molecule has 0 bridgehead atoms. The monoisotopic (exact) mass is 386 g/mol. The molecule has 0 saturated carbocycles. The van der Waals surface area contributed by atoms with Gasteiger partial charge in [0.05, 0.1) is 5.69 Å². The number of ether oxygens (including phenoxy) is 1. The first kappa shape index (κ1) is 22.1. The second-order valence-corrected chi connectivity index (χ2v) is 5.43. The molecule has 1 amide bonds. The highest BCUT2D eigenvalue weighted by Crippen LogP contribution is 2.31. The first-order chi connectivity index (χ1) is 12.7. The lowest BCUT2D eigenvalue weighted by Crippen LogP contribution is -2.27. The molecule has 0 atom stereocenters. The summed E-state index contributed by atoms with van der Waals surface area (Å²) in [7, 11) is 2.97. The van der Waals surface area contributed by atoms with Crippen molar-refractivity contribution in [3.8, 4) is 11.5 Å². The fraction of sp³-hybridized carbons (Fsp3) is 0.235. The summed E-state index contributed by atoms with van der Waals surface area (Å²) in [4.78, 5) is 9.31. The third-order valence-corrected chi connectivity index (χ3v) is 3.26. The number of benzene rings is 2. The first-order valence-electron chi connectivity index (χ1n) is 7.59. The molecule has 0 fully saturated rings. The Bertz CT molecular complexity index is 732. The molecule has 0 heterocycles. The van der Waals surface area contributed by atoms with Crippen molar-refractivity contribution in [2.75, 3.05) is 19.1 Å². The molecule has 0 spiro atoms. The van der Waals surface area contributed by atoms with Crippen molar-refractivity contribution in [2.24, 2.45) is 11.7 Å². The van der Waals surface area contributed by atoms with Crippen LogP contribution in [0.3, 0.4) is 0 Å². The third-order valence-electron chi connectivity index (χ3n) is 3.26. The number of hydrogen-bond donors (Lipinski definition) is 3. The van der Waals surface area contributed by atoms with E-state index in [0.29, 0.717) is 12.1 Å². The van der Waals surface area contributed by atoms with Crippen LogP contribution in [0.1, 0.15) is 17.6 Å². The number of aromatic hydroxyl groups is 1. The van der Waals surface area contributed by atoms with Gasteiger partial charge >= 0.3 is 0 Å². The predicted molar refractivity (Wildman–Crippen MR) is 94.4 cm³/mol. The fourth-order valence-electron chi connectivity index (χ4n) is 2.04. The number of nitrogens with zero attached hydrogens (tertiary/aromatic N) is 2. The minimum atomic E-state index is -2.71. The van der Waals surface area contributed by atoms with Gasteiger partial charge in [-0.2, -0.15) is 0 Å². The van der Waals surface area contributed by atoms with Crippen LogP contribution in [0.4, 0.5) is 18.9 Å². The summed E-state index contributed by atoms with van der Waals surface area (Å²) in [5.74, 6) is 9.21. The van der Waals surface area contributed by atoms with E-state index in [0.717, 1.165) is 11.1 Å². The fourth-order valence-corrected chi connectivity index (χ4v) is 2.04. The van der Waals surface area contributed by atoms with Gasteiger partial charge in [-0.15, -0.1) is 0 Å². The highest BCUT2D eigenvalue weighted by atomic mass is 19.3. The maximum absolute atomic E-state index is 13.6. The number of hydrazine groups is 2. The molecule has 0 aliphatic carbocycles. The number of carbonyl (C=O) groups is 1. The average Bonchev–Trinajstić information content (AvgIpc) is 2.61. The Balaban J connectivity index is 0.000000646. The number of phenols is 1. The quantitative estimate of drug-likeness (QED) is 0.305. The van der Waals surface area contributed by atoms with E-state index in [1.807, 2.05) is 0 Å². The summed E-state index contributed by atoms with van der Waals surface area (Å²) >= 11 is 0. The van der Waals surface area contributed by atoms with Gasteiger partial charge in [-0.25, -0.2) is 24.9 Å². The molecule has 0 unspecified atom stereocenters. The van der Waals surface area contributed by atoms with Crippen LogP contribution in [0.5, 0.6) is 11.5 Å². The zero-order valence-corrected chi connectivity index (χ0v) is 14.8. The van der Waals surface area contributed by atoms with E-state index in [1.165, 1.54) is 43.4 Å². The number of amides is 1. The predicted octanol–water partition coefficient (Wildman–Crippen LogP) is 2.31. The van der Waals surface area contributed by atoms with Crippen LogP contribution in [0, 0.1) is 5.82 Å². The lowest BCUT2D eigenvalue weighted by Gasteiger charge is -2.20. The van der Waals surface area contributed by atoms with Crippen molar-refractivity contribution in [2.45, 2.75) is 13.0 Å². The number of anilines is 1. The molecule has 0 aromatic heterocycles. The number of hydrogen-bond acceptors (Lipinski definition) is 6. The third kappa shape index (κ3) is 6.68. The molecule has 0 aliphatic heterocycles. The van der Waals surface area contributed by atoms with Crippen molar-refractivity contribution >= 4 is 12.1 Å². The summed E-state index contributed by atoms with van der Waals surface area (Å²) in [6, 6.07) is 7.64. The van der Waals surface area contributed by atoms with Gasteiger partial charge in [0.1, 0.15) is 12.4 Å². The molecule has 5 N–H and O–H groups in total. The molecule has 2 aromatic carbocycles. The molecule has 10 heteroatoms. The Morgan fingerprint density at radius 2 is 1.85 bits per heavy atom. The standard InChI is InChI=1S/C15H15F3N2O2.C2H6N2O/c1-20(19)13-4-2-3-10(15(17)18)11(13)8-22-14-6-5-9(21)7-12(14)16;1-4(3)2-5/h2-7,15,21H,8,19H2,1H3;2H,3H2,1H3. The Kier molecular flexibility index (Phi) is 8.36. The second kappa shape index (κ2) is 10.2. The summed E-state index contributed by atoms with van der Waals surface area (Å²) in [6.07, 6.45) is -2.18. The molecule has 7 nitrogen and oxygen atoms in total. The lowest BCUT2D eigenvalue weighted by molar-refractivity contribution is -0.117. The van der Waals surface area contributed by atoms with Crippen LogP contribution in [-0.4, -0.2) is 30.6 Å². The van der Waals surface area contributed by atoms with Crippen LogP contribution in [0.15, 0.2) is 36.4 Å². The van der Waals surface area contributed by atoms with Gasteiger partial charge in [0.2, 0.25) is 6.41 Å². The van der Waals surface area contributed by atoms with E-state index in [2.05, 4.69) is 0 Å². The Morgan fingerprint density at radius 3 is 2.33 bits per heavy atom. The number of rotatable bonds is 6. The number of halogens is 3. The zero-order chi connectivity index (χ0) is 20.6.